The molecule has 3 rings (SSSR count). The number of rotatable bonds is 3. The lowest BCUT2D eigenvalue weighted by Crippen LogP contribution is -2.40. The van der Waals surface area contributed by atoms with Crippen LogP contribution in [0.5, 0.6) is 11.5 Å². The standard InChI is InChI=1S/C13H16N2O4/c16-9-4-10(14-6-9)13(17)15-5-8-2-1-3-11-12(8)19-7-18-11/h1-3,9-10,14,16H,4-7H2,(H,15,17)/t9-,10+/m1/s1. The van der Waals surface area contributed by atoms with E-state index in [0.717, 1.165) is 5.56 Å². The van der Waals surface area contributed by atoms with Crippen molar-refractivity contribution in [3.8, 4) is 11.5 Å². The molecule has 0 radical (unpaired) electrons. The number of fused-ring (bicyclic) bond motifs is 1. The molecule has 0 aromatic heterocycles. The predicted octanol–water partition coefficient (Wildman–Crippen LogP) is -0.246. The van der Waals surface area contributed by atoms with E-state index in [2.05, 4.69) is 10.6 Å². The van der Waals surface area contributed by atoms with E-state index in [0.29, 0.717) is 31.0 Å². The molecule has 2 aliphatic heterocycles. The van der Waals surface area contributed by atoms with Crippen molar-refractivity contribution >= 4 is 5.91 Å². The second kappa shape index (κ2) is 5.07. The number of benzene rings is 1. The second-order valence-corrected chi connectivity index (χ2v) is 4.72. The Bertz CT molecular complexity index is 492. The number of aliphatic hydroxyl groups excluding tert-OH is 1. The topological polar surface area (TPSA) is 79.8 Å². The summed E-state index contributed by atoms with van der Waals surface area (Å²) >= 11 is 0. The number of hydrogen-bond acceptors (Lipinski definition) is 5. The highest BCUT2D eigenvalue weighted by Gasteiger charge is 2.28. The van der Waals surface area contributed by atoms with Gasteiger partial charge in [-0.1, -0.05) is 12.1 Å². The average Bonchev–Trinajstić information content (AvgIpc) is 3.04. The molecule has 2 aliphatic rings. The number of amides is 1. The number of ether oxygens (including phenoxy) is 2. The van der Waals surface area contributed by atoms with E-state index in [1.54, 1.807) is 0 Å². The molecule has 1 aromatic rings. The minimum absolute atomic E-state index is 0.104. The lowest BCUT2D eigenvalue weighted by atomic mass is 10.1. The molecule has 1 fully saturated rings. The van der Waals surface area contributed by atoms with Crippen LogP contribution in [-0.4, -0.2) is 36.5 Å². The molecule has 1 aromatic carbocycles. The van der Waals surface area contributed by atoms with E-state index in [1.165, 1.54) is 0 Å². The number of para-hydroxylation sites is 1. The Labute approximate surface area is 110 Å². The molecule has 0 unspecified atom stereocenters. The zero-order valence-electron chi connectivity index (χ0n) is 10.4. The van der Waals surface area contributed by atoms with Crippen molar-refractivity contribution in [3.05, 3.63) is 23.8 Å². The number of carbonyl (C=O) groups excluding carboxylic acids is 1. The van der Waals surface area contributed by atoms with Crippen LogP contribution in [0.3, 0.4) is 0 Å². The smallest absolute Gasteiger partial charge is 0.237 e. The molecule has 102 valence electrons. The third-order valence-electron chi connectivity index (χ3n) is 3.36. The Morgan fingerprint density at radius 2 is 2.37 bits per heavy atom. The normalized spacial score (nSPS) is 24.5. The van der Waals surface area contributed by atoms with Gasteiger partial charge in [0.1, 0.15) is 0 Å². The molecular weight excluding hydrogens is 248 g/mol. The van der Waals surface area contributed by atoms with Crippen LogP contribution in [0, 0.1) is 0 Å². The van der Waals surface area contributed by atoms with Gasteiger partial charge in [-0.3, -0.25) is 4.79 Å². The monoisotopic (exact) mass is 264 g/mol. The predicted molar refractivity (Wildman–Crippen MR) is 66.8 cm³/mol. The molecule has 0 aliphatic carbocycles. The van der Waals surface area contributed by atoms with Gasteiger partial charge in [0, 0.05) is 18.7 Å². The molecular formula is C13H16N2O4. The third kappa shape index (κ3) is 2.50. The van der Waals surface area contributed by atoms with Crippen molar-refractivity contribution in [1.82, 2.24) is 10.6 Å². The maximum atomic E-state index is 11.9. The van der Waals surface area contributed by atoms with Crippen LogP contribution < -0.4 is 20.1 Å². The van der Waals surface area contributed by atoms with Crippen molar-refractivity contribution in [2.45, 2.75) is 25.1 Å². The molecule has 6 heteroatoms. The number of aliphatic hydroxyl groups is 1. The molecule has 1 amide bonds. The summed E-state index contributed by atoms with van der Waals surface area (Å²) in [6, 6.07) is 5.28. The fraction of sp³-hybridized carbons (Fsp3) is 0.462. The van der Waals surface area contributed by atoms with E-state index >= 15 is 0 Å². The number of carbonyl (C=O) groups is 1. The maximum absolute atomic E-state index is 11.9. The average molecular weight is 264 g/mol. The number of β-amino-alcohol motifs (C(OH)–C–C–N with tert-alkyl or cyclic N) is 1. The molecule has 2 atom stereocenters. The fourth-order valence-electron chi connectivity index (χ4n) is 2.35. The Balaban J connectivity index is 1.61. The van der Waals surface area contributed by atoms with Gasteiger partial charge in [0.2, 0.25) is 12.7 Å². The maximum Gasteiger partial charge on any atom is 0.237 e. The first kappa shape index (κ1) is 12.3. The van der Waals surface area contributed by atoms with Gasteiger partial charge < -0.3 is 25.2 Å². The van der Waals surface area contributed by atoms with E-state index in [-0.39, 0.29) is 18.7 Å². The van der Waals surface area contributed by atoms with Crippen LogP contribution in [0.1, 0.15) is 12.0 Å². The summed E-state index contributed by atoms with van der Waals surface area (Å²) in [7, 11) is 0. The van der Waals surface area contributed by atoms with Gasteiger partial charge in [0.05, 0.1) is 12.1 Å². The molecule has 1 saturated heterocycles. The summed E-state index contributed by atoms with van der Waals surface area (Å²) in [6.45, 7) is 1.08. The van der Waals surface area contributed by atoms with Gasteiger partial charge in [0.25, 0.3) is 0 Å². The molecule has 0 spiro atoms. The third-order valence-corrected chi connectivity index (χ3v) is 3.36. The Morgan fingerprint density at radius 3 is 3.16 bits per heavy atom. The summed E-state index contributed by atoms with van der Waals surface area (Å²) in [6.07, 6.45) is 0.0201. The highest BCUT2D eigenvalue weighted by Crippen LogP contribution is 2.35. The van der Waals surface area contributed by atoms with E-state index in [9.17, 15) is 9.90 Å². The Morgan fingerprint density at radius 1 is 1.47 bits per heavy atom. The first-order valence-corrected chi connectivity index (χ1v) is 6.30. The Kier molecular flexibility index (Phi) is 3.27. The van der Waals surface area contributed by atoms with Crippen molar-refractivity contribution in [2.24, 2.45) is 0 Å². The van der Waals surface area contributed by atoms with Gasteiger partial charge in [-0.25, -0.2) is 0 Å². The first-order chi connectivity index (χ1) is 9.24. The summed E-state index contributed by atoms with van der Waals surface area (Å²) in [4.78, 5) is 11.9. The van der Waals surface area contributed by atoms with Crippen LogP contribution in [0.25, 0.3) is 0 Å². The molecule has 19 heavy (non-hydrogen) atoms. The minimum atomic E-state index is -0.437. The summed E-state index contributed by atoms with van der Waals surface area (Å²) < 4.78 is 10.7. The summed E-state index contributed by atoms with van der Waals surface area (Å²) in [5.74, 6) is 1.30. The first-order valence-electron chi connectivity index (χ1n) is 6.30. The van der Waals surface area contributed by atoms with E-state index in [1.807, 2.05) is 18.2 Å². The highest BCUT2D eigenvalue weighted by atomic mass is 16.7. The van der Waals surface area contributed by atoms with E-state index < -0.39 is 6.10 Å². The quantitative estimate of drug-likeness (QED) is 0.702. The van der Waals surface area contributed by atoms with Gasteiger partial charge in [-0.2, -0.15) is 0 Å². The number of hydrogen-bond donors (Lipinski definition) is 3. The molecule has 2 heterocycles. The van der Waals surface area contributed by atoms with Gasteiger partial charge in [-0.05, 0) is 12.5 Å². The fourth-order valence-corrected chi connectivity index (χ4v) is 2.35. The van der Waals surface area contributed by atoms with Crippen LogP contribution in [-0.2, 0) is 11.3 Å². The van der Waals surface area contributed by atoms with Crippen molar-refractivity contribution in [2.75, 3.05) is 13.3 Å². The summed E-state index contributed by atoms with van der Waals surface area (Å²) in [5.41, 5.74) is 0.891. The van der Waals surface area contributed by atoms with Gasteiger partial charge in [-0.15, -0.1) is 0 Å². The SMILES string of the molecule is O=C(NCc1cccc2c1OCO2)[C@@H]1C[C@@H](O)CN1. The zero-order valence-corrected chi connectivity index (χ0v) is 10.4. The molecule has 0 bridgehead atoms. The number of nitrogens with one attached hydrogen (secondary N) is 2. The summed E-state index contributed by atoms with van der Waals surface area (Å²) in [5, 5.41) is 15.2. The van der Waals surface area contributed by atoms with Crippen molar-refractivity contribution in [1.29, 1.82) is 0 Å². The van der Waals surface area contributed by atoms with Crippen LogP contribution in [0.2, 0.25) is 0 Å². The van der Waals surface area contributed by atoms with Crippen molar-refractivity contribution < 1.29 is 19.4 Å². The lowest BCUT2D eigenvalue weighted by molar-refractivity contribution is -0.123. The zero-order chi connectivity index (χ0) is 13.2. The van der Waals surface area contributed by atoms with Crippen LogP contribution in [0.4, 0.5) is 0 Å². The minimum Gasteiger partial charge on any atom is -0.454 e. The van der Waals surface area contributed by atoms with Crippen molar-refractivity contribution in [3.63, 3.8) is 0 Å². The van der Waals surface area contributed by atoms with Gasteiger partial charge >= 0.3 is 0 Å². The molecule has 6 nitrogen and oxygen atoms in total. The van der Waals surface area contributed by atoms with Crippen LogP contribution >= 0.6 is 0 Å². The molecule has 0 saturated carbocycles. The largest absolute Gasteiger partial charge is 0.454 e. The van der Waals surface area contributed by atoms with E-state index in [4.69, 9.17) is 9.47 Å². The second-order valence-electron chi connectivity index (χ2n) is 4.72. The Hall–Kier alpha value is -1.79. The highest BCUT2D eigenvalue weighted by molar-refractivity contribution is 5.82. The van der Waals surface area contributed by atoms with Crippen LogP contribution in [0.15, 0.2) is 18.2 Å². The molecule has 3 N–H and O–H groups in total. The lowest BCUT2D eigenvalue weighted by Gasteiger charge is -2.12. The van der Waals surface area contributed by atoms with Gasteiger partial charge in [0.15, 0.2) is 11.5 Å².